The molecule has 0 spiro atoms. The maximum Gasteiger partial charge on any atom is 0.414 e. The Hall–Kier alpha value is -2.59. The molecule has 1 aliphatic rings. The monoisotopic (exact) mass is 327 g/mol. The molecule has 116 valence electrons. The normalized spacial score (nSPS) is 14.3. The van der Waals surface area contributed by atoms with Crippen LogP contribution in [0.3, 0.4) is 0 Å². The summed E-state index contributed by atoms with van der Waals surface area (Å²) in [5.74, 6) is -0.101. The minimum Gasteiger partial charge on any atom is -0.447 e. The number of hydrogen-bond acceptors (Lipinski definition) is 3. The molecule has 2 aromatic carbocycles. The summed E-state index contributed by atoms with van der Waals surface area (Å²) in [5, 5.41) is 0.657. The molecule has 3 rings (SSSR count). The molecule has 0 unspecified atom stereocenters. The Kier molecular flexibility index (Phi) is 4.44. The highest BCUT2D eigenvalue weighted by atomic mass is 35.5. The predicted molar refractivity (Wildman–Crippen MR) is 90.0 cm³/mol. The van der Waals surface area contributed by atoms with E-state index in [9.17, 15) is 9.59 Å². The standard InChI is InChI=1S/C18H14ClNO3/c19-15-6-1-13(2-7-15)3-10-17(21)14-4-8-16(9-5-14)20-11-12-23-18(20)22/h1-10H,11-12H2/b10-3+. The second-order valence-corrected chi connectivity index (χ2v) is 5.50. The van der Waals surface area contributed by atoms with Crippen molar-refractivity contribution < 1.29 is 14.3 Å². The Morgan fingerprint density at radius 3 is 2.39 bits per heavy atom. The van der Waals surface area contributed by atoms with Gasteiger partial charge in [0.05, 0.1) is 6.54 Å². The molecule has 5 heteroatoms. The van der Waals surface area contributed by atoms with Crippen LogP contribution in [0.2, 0.25) is 5.02 Å². The Labute approximate surface area is 138 Å². The van der Waals surface area contributed by atoms with Crippen LogP contribution in [0.5, 0.6) is 0 Å². The van der Waals surface area contributed by atoms with Gasteiger partial charge in [-0.1, -0.05) is 29.8 Å². The Balaban J connectivity index is 1.70. The first-order valence-electron chi connectivity index (χ1n) is 7.16. The Morgan fingerprint density at radius 2 is 1.78 bits per heavy atom. The molecule has 0 aromatic heterocycles. The SMILES string of the molecule is O=C(/C=C/c1ccc(Cl)cc1)c1ccc(N2CCOC2=O)cc1. The number of carbonyl (C=O) groups excluding carboxylic acids is 2. The first kappa shape index (κ1) is 15.3. The summed E-state index contributed by atoms with van der Waals surface area (Å²) in [6.45, 7) is 0.923. The van der Waals surface area contributed by atoms with E-state index in [0.29, 0.717) is 23.7 Å². The molecule has 0 atom stereocenters. The number of carbonyl (C=O) groups is 2. The third-order valence-electron chi connectivity index (χ3n) is 3.52. The van der Waals surface area contributed by atoms with E-state index < -0.39 is 0 Å². The third kappa shape index (κ3) is 3.60. The van der Waals surface area contributed by atoms with Gasteiger partial charge in [-0.2, -0.15) is 0 Å². The van der Waals surface area contributed by atoms with Gasteiger partial charge >= 0.3 is 6.09 Å². The van der Waals surface area contributed by atoms with Crippen molar-refractivity contribution >= 4 is 35.2 Å². The van der Waals surface area contributed by atoms with Crippen molar-refractivity contribution in [1.29, 1.82) is 0 Å². The van der Waals surface area contributed by atoms with E-state index in [2.05, 4.69) is 0 Å². The smallest absolute Gasteiger partial charge is 0.414 e. The first-order valence-corrected chi connectivity index (χ1v) is 7.53. The van der Waals surface area contributed by atoms with Crippen molar-refractivity contribution in [3.8, 4) is 0 Å². The van der Waals surface area contributed by atoms with Crippen molar-refractivity contribution in [2.45, 2.75) is 0 Å². The molecule has 0 N–H and O–H groups in total. The van der Waals surface area contributed by atoms with Crippen molar-refractivity contribution in [3.05, 3.63) is 70.8 Å². The summed E-state index contributed by atoms with van der Waals surface area (Å²) < 4.78 is 4.89. The van der Waals surface area contributed by atoms with Crippen LogP contribution in [0.1, 0.15) is 15.9 Å². The molecular weight excluding hydrogens is 314 g/mol. The van der Waals surface area contributed by atoms with Crippen LogP contribution in [0.25, 0.3) is 6.08 Å². The van der Waals surface area contributed by atoms with Gasteiger partial charge < -0.3 is 4.74 Å². The Bertz CT molecular complexity index is 751. The van der Waals surface area contributed by atoms with Gasteiger partial charge in [0.25, 0.3) is 0 Å². The molecule has 1 heterocycles. The minimum atomic E-state index is -0.355. The molecule has 0 saturated carbocycles. The lowest BCUT2D eigenvalue weighted by Gasteiger charge is -2.12. The van der Waals surface area contributed by atoms with Crippen LogP contribution >= 0.6 is 11.6 Å². The van der Waals surface area contributed by atoms with Gasteiger partial charge in [0.15, 0.2) is 5.78 Å². The average Bonchev–Trinajstić information content (AvgIpc) is 3.00. The predicted octanol–water partition coefficient (Wildman–Crippen LogP) is 4.19. The van der Waals surface area contributed by atoms with Gasteiger partial charge in [-0.05, 0) is 48.0 Å². The average molecular weight is 328 g/mol. The van der Waals surface area contributed by atoms with Gasteiger partial charge in [-0.25, -0.2) is 4.79 Å². The number of benzene rings is 2. The zero-order valence-electron chi connectivity index (χ0n) is 12.2. The first-order chi connectivity index (χ1) is 11.1. The van der Waals surface area contributed by atoms with Crippen LogP contribution in [-0.4, -0.2) is 25.0 Å². The van der Waals surface area contributed by atoms with Crippen molar-refractivity contribution in [1.82, 2.24) is 0 Å². The van der Waals surface area contributed by atoms with Crippen molar-refractivity contribution in [2.75, 3.05) is 18.1 Å². The van der Waals surface area contributed by atoms with Crippen LogP contribution in [0.15, 0.2) is 54.6 Å². The molecule has 0 radical (unpaired) electrons. The number of amides is 1. The van der Waals surface area contributed by atoms with E-state index in [-0.39, 0.29) is 11.9 Å². The summed E-state index contributed by atoms with van der Waals surface area (Å²) in [6, 6.07) is 14.1. The fourth-order valence-electron chi connectivity index (χ4n) is 2.28. The summed E-state index contributed by atoms with van der Waals surface area (Å²) in [5.41, 5.74) is 2.19. The maximum atomic E-state index is 12.2. The second-order valence-electron chi connectivity index (χ2n) is 5.06. The highest BCUT2D eigenvalue weighted by molar-refractivity contribution is 6.30. The number of rotatable bonds is 4. The molecule has 0 bridgehead atoms. The lowest BCUT2D eigenvalue weighted by atomic mass is 10.1. The highest BCUT2D eigenvalue weighted by Crippen LogP contribution is 2.19. The molecule has 1 aliphatic heterocycles. The molecule has 23 heavy (non-hydrogen) atoms. The number of hydrogen-bond donors (Lipinski definition) is 0. The number of ketones is 1. The third-order valence-corrected chi connectivity index (χ3v) is 3.77. The van der Waals surface area contributed by atoms with Gasteiger partial charge in [-0.15, -0.1) is 0 Å². The largest absolute Gasteiger partial charge is 0.447 e. The number of ether oxygens (including phenoxy) is 1. The van der Waals surface area contributed by atoms with Crippen molar-refractivity contribution in [2.24, 2.45) is 0 Å². The molecule has 1 amide bonds. The molecule has 1 saturated heterocycles. The summed E-state index contributed by atoms with van der Waals surface area (Å²) in [4.78, 5) is 25.2. The van der Waals surface area contributed by atoms with E-state index in [1.807, 2.05) is 12.1 Å². The fourth-order valence-corrected chi connectivity index (χ4v) is 2.40. The molecule has 2 aromatic rings. The zero-order chi connectivity index (χ0) is 16.2. The summed E-state index contributed by atoms with van der Waals surface area (Å²) in [6.07, 6.45) is 2.90. The number of anilines is 1. The lowest BCUT2D eigenvalue weighted by molar-refractivity contribution is 0.104. The second kappa shape index (κ2) is 6.67. The number of cyclic esters (lactones) is 1. The van der Waals surface area contributed by atoms with Crippen LogP contribution in [-0.2, 0) is 4.74 Å². The number of nitrogens with zero attached hydrogens (tertiary/aromatic N) is 1. The fraction of sp³-hybridized carbons (Fsp3) is 0.111. The Morgan fingerprint density at radius 1 is 1.09 bits per heavy atom. The van der Waals surface area contributed by atoms with E-state index in [0.717, 1.165) is 11.3 Å². The molecule has 1 fully saturated rings. The zero-order valence-corrected chi connectivity index (χ0v) is 13.0. The van der Waals surface area contributed by atoms with Crippen LogP contribution < -0.4 is 4.90 Å². The minimum absolute atomic E-state index is 0.101. The van der Waals surface area contributed by atoms with Gasteiger partial charge in [0.1, 0.15) is 6.61 Å². The topological polar surface area (TPSA) is 46.6 Å². The quantitative estimate of drug-likeness (QED) is 0.624. The maximum absolute atomic E-state index is 12.2. The lowest BCUT2D eigenvalue weighted by Crippen LogP contribution is -2.23. The van der Waals surface area contributed by atoms with Crippen molar-refractivity contribution in [3.63, 3.8) is 0 Å². The van der Waals surface area contributed by atoms with Gasteiger partial charge in [0.2, 0.25) is 0 Å². The van der Waals surface area contributed by atoms with Gasteiger partial charge in [0, 0.05) is 16.3 Å². The summed E-state index contributed by atoms with van der Waals surface area (Å²) in [7, 11) is 0. The van der Waals surface area contributed by atoms with E-state index in [1.54, 1.807) is 42.5 Å². The van der Waals surface area contributed by atoms with E-state index in [4.69, 9.17) is 16.3 Å². The van der Waals surface area contributed by atoms with Crippen LogP contribution in [0, 0.1) is 0 Å². The highest BCUT2D eigenvalue weighted by Gasteiger charge is 2.23. The van der Waals surface area contributed by atoms with E-state index >= 15 is 0 Å². The molecule has 4 nitrogen and oxygen atoms in total. The number of halogens is 1. The van der Waals surface area contributed by atoms with Crippen LogP contribution in [0.4, 0.5) is 10.5 Å². The number of allylic oxidation sites excluding steroid dienone is 1. The summed E-state index contributed by atoms with van der Waals surface area (Å²) >= 11 is 5.82. The van der Waals surface area contributed by atoms with E-state index in [1.165, 1.54) is 11.0 Å². The molecular formula is C18H14ClNO3. The van der Waals surface area contributed by atoms with Gasteiger partial charge in [-0.3, -0.25) is 9.69 Å². The molecule has 0 aliphatic carbocycles.